The van der Waals surface area contributed by atoms with Crippen molar-refractivity contribution in [2.24, 2.45) is 5.92 Å². The normalized spacial score (nSPS) is 19.6. The lowest BCUT2D eigenvalue weighted by molar-refractivity contribution is -0.156. The second-order valence-electron chi connectivity index (χ2n) is 8.06. The summed E-state index contributed by atoms with van der Waals surface area (Å²) in [7, 11) is 1.56. The number of carbonyl (C=O) groups is 2. The third kappa shape index (κ3) is 5.28. The van der Waals surface area contributed by atoms with Gasteiger partial charge in [0.2, 0.25) is 5.12 Å². The number of nitrogens with zero attached hydrogens (tertiary/aromatic N) is 1. The fourth-order valence-corrected chi connectivity index (χ4v) is 4.57. The van der Waals surface area contributed by atoms with Crippen molar-refractivity contribution >= 4 is 38.8 Å². The smallest absolute Gasteiger partial charge is 0.310 e. The number of benzene rings is 2. The van der Waals surface area contributed by atoms with Crippen LogP contribution >= 0.6 is 27.7 Å². The Labute approximate surface area is 200 Å². The van der Waals surface area contributed by atoms with Gasteiger partial charge in [-0.05, 0) is 56.3 Å². The van der Waals surface area contributed by atoms with Crippen molar-refractivity contribution in [2.75, 3.05) is 12.9 Å². The van der Waals surface area contributed by atoms with Crippen LogP contribution in [0.4, 0.5) is 0 Å². The van der Waals surface area contributed by atoms with Crippen LogP contribution in [0.2, 0.25) is 0 Å². The van der Waals surface area contributed by atoms with E-state index in [4.69, 9.17) is 14.2 Å². The summed E-state index contributed by atoms with van der Waals surface area (Å²) in [5, 5.41) is 9.13. The van der Waals surface area contributed by atoms with E-state index in [9.17, 15) is 14.9 Å². The van der Waals surface area contributed by atoms with E-state index in [0.29, 0.717) is 28.2 Å². The van der Waals surface area contributed by atoms with Crippen LogP contribution in [0.3, 0.4) is 0 Å². The van der Waals surface area contributed by atoms with E-state index in [1.54, 1.807) is 56.5 Å². The van der Waals surface area contributed by atoms with Crippen LogP contribution in [0.15, 0.2) is 42.5 Å². The Kier molecular flexibility index (Phi) is 7.52. The van der Waals surface area contributed by atoms with Gasteiger partial charge in [-0.3, -0.25) is 9.59 Å². The SMILES string of the molecule is COc1ccc(C(=O)SCC(C)C(=O)O[C@H]2c3cc(C#N)ccc3OC(C)(C)[C@@H]2Br)cc1. The molecule has 0 bridgehead atoms. The zero-order chi connectivity index (χ0) is 23.5. The number of esters is 1. The van der Waals surface area contributed by atoms with Crippen molar-refractivity contribution in [3.8, 4) is 17.6 Å². The Balaban J connectivity index is 1.68. The van der Waals surface area contributed by atoms with Gasteiger partial charge >= 0.3 is 5.97 Å². The summed E-state index contributed by atoms with van der Waals surface area (Å²) in [5.41, 5.74) is 1.02. The van der Waals surface area contributed by atoms with Gasteiger partial charge in [0.25, 0.3) is 0 Å². The monoisotopic (exact) mass is 517 g/mol. The van der Waals surface area contributed by atoms with Gasteiger partial charge in [-0.25, -0.2) is 0 Å². The maximum atomic E-state index is 12.9. The predicted molar refractivity (Wildman–Crippen MR) is 126 cm³/mol. The first-order chi connectivity index (χ1) is 15.2. The van der Waals surface area contributed by atoms with Crippen LogP contribution in [0.1, 0.15) is 48.4 Å². The summed E-state index contributed by atoms with van der Waals surface area (Å²) in [6.45, 7) is 5.54. The number of thioether (sulfide) groups is 1. The molecule has 0 amide bonds. The summed E-state index contributed by atoms with van der Waals surface area (Å²) >= 11 is 4.69. The minimum atomic E-state index is -0.631. The van der Waals surface area contributed by atoms with Crippen LogP contribution in [-0.4, -0.2) is 34.4 Å². The number of halogens is 1. The van der Waals surface area contributed by atoms with Crippen molar-refractivity contribution in [3.05, 3.63) is 59.2 Å². The molecule has 2 aromatic carbocycles. The Morgan fingerprint density at radius 2 is 1.94 bits per heavy atom. The van der Waals surface area contributed by atoms with Gasteiger partial charge in [0, 0.05) is 16.9 Å². The zero-order valence-corrected chi connectivity index (χ0v) is 20.7. The fraction of sp³-hybridized carbons (Fsp3) is 0.375. The molecule has 6 nitrogen and oxygen atoms in total. The Morgan fingerprint density at radius 3 is 2.56 bits per heavy atom. The molecule has 1 heterocycles. The predicted octanol–water partition coefficient (Wildman–Crippen LogP) is 5.30. The highest BCUT2D eigenvalue weighted by Gasteiger charge is 2.45. The van der Waals surface area contributed by atoms with Crippen LogP contribution in [0.25, 0.3) is 0 Å². The molecule has 0 saturated carbocycles. The molecule has 3 rings (SSSR count). The summed E-state index contributed by atoms with van der Waals surface area (Å²) < 4.78 is 17.0. The highest BCUT2D eigenvalue weighted by molar-refractivity contribution is 9.09. The lowest BCUT2D eigenvalue weighted by atomic mass is 9.90. The van der Waals surface area contributed by atoms with Crippen LogP contribution in [-0.2, 0) is 9.53 Å². The number of ether oxygens (including phenoxy) is 3. The standard InChI is InChI=1S/C24H24BrNO5S/c1-14(13-32-23(28)16-6-8-17(29-4)9-7-16)22(27)30-20-18-11-15(12-26)5-10-19(18)31-24(2,3)21(20)25/h5-11,14,20-21H,13H2,1-4H3/t14?,20-,21+/m0/s1. The third-order valence-electron chi connectivity index (χ3n) is 5.18. The van der Waals surface area contributed by atoms with Gasteiger partial charge in [0.15, 0.2) is 0 Å². The van der Waals surface area contributed by atoms with Gasteiger partial charge in [-0.2, -0.15) is 5.26 Å². The number of nitriles is 1. The van der Waals surface area contributed by atoms with E-state index in [1.165, 1.54) is 0 Å². The molecule has 8 heteroatoms. The van der Waals surface area contributed by atoms with Gasteiger partial charge in [-0.1, -0.05) is 34.6 Å². The molecule has 0 aromatic heterocycles. The van der Waals surface area contributed by atoms with E-state index in [0.717, 1.165) is 11.8 Å². The molecule has 3 atom stereocenters. The van der Waals surface area contributed by atoms with Crippen molar-refractivity contribution < 1.29 is 23.8 Å². The molecule has 0 radical (unpaired) electrons. The van der Waals surface area contributed by atoms with Gasteiger partial charge in [0.1, 0.15) is 23.2 Å². The maximum Gasteiger partial charge on any atom is 0.310 e. The number of methoxy groups -OCH3 is 1. The molecular weight excluding hydrogens is 494 g/mol. The number of carbonyl (C=O) groups excluding carboxylic acids is 2. The molecule has 0 N–H and O–H groups in total. The van der Waals surface area contributed by atoms with E-state index < -0.39 is 23.6 Å². The molecule has 32 heavy (non-hydrogen) atoms. The number of fused-ring (bicyclic) bond motifs is 1. The molecular formula is C24H24BrNO5S. The number of hydrogen-bond acceptors (Lipinski definition) is 7. The summed E-state index contributed by atoms with van der Waals surface area (Å²) in [6.07, 6.45) is -0.626. The molecule has 1 aliphatic rings. The van der Waals surface area contributed by atoms with E-state index >= 15 is 0 Å². The Morgan fingerprint density at radius 1 is 1.25 bits per heavy atom. The van der Waals surface area contributed by atoms with E-state index in [-0.39, 0.29) is 15.7 Å². The lowest BCUT2D eigenvalue weighted by Gasteiger charge is -2.41. The second kappa shape index (κ2) is 9.97. The van der Waals surface area contributed by atoms with Crippen LogP contribution < -0.4 is 9.47 Å². The van der Waals surface area contributed by atoms with E-state index in [2.05, 4.69) is 22.0 Å². The van der Waals surface area contributed by atoms with Gasteiger partial charge in [0.05, 0.1) is 29.5 Å². The number of hydrogen-bond donors (Lipinski definition) is 0. The van der Waals surface area contributed by atoms with Crippen molar-refractivity contribution in [1.82, 2.24) is 0 Å². The molecule has 0 fully saturated rings. The van der Waals surface area contributed by atoms with E-state index in [1.807, 2.05) is 13.8 Å². The summed E-state index contributed by atoms with van der Waals surface area (Å²) in [4.78, 5) is 25.0. The quantitative estimate of drug-likeness (QED) is 0.379. The van der Waals surface area contributed by atoms with Crippen LogP contribution in [0.5, 0.6) is 11.5 Å². The highest BCUT2D eigenvalue weighted by Crippen LogP contribution is 2.45. The first kappa shape index (κ1) is 24.1. The average Bonchev–Trinajstić information content (AvgIpc) is 2.79. The largest absolute Gasteiger partial charge is 0.497 e. The molecule has 0 spiro atoms. The summed E-state index contributed by atoms with van der Waals surface area (Å²) in [6, 6.07) is 14.0. The number of alkyl halides is 1. The first-order valence-corrected chi connectivity index (χ1v) is 11.9. The zero-order valence-electron chi connectivity index (χ0n) is 18.3. The van der Waals surface area contributed by atoms with Crippen molar-refractivity contribution in [3.63, 3.8) is 0 Å². The average molecular weight is 518 g/mol. The van der Waals surface area contributed by atoms with Crippen molar-refractivity contribution in [1.29, 1.82) is 5.26 Å². The molecule has 2 aromatic rings. The Bertz CT molecular complexity index is 1050. The van der Waals surface area contributed by atoms with Crippen molar-refractivity contribution in [2.45, 2.75) is 37.3 Å². The molecule has 0 aliphatic carbocycles. The Hall–Kier alpha value is -2.50. The number of rotatable bonds is 6. The molecule has 168 valence electrons. The minimum absolute atomic E-state index is 0.123. The lowest BCUT2D eigenvalue weighted by Crippen LogP contribution is -2.47. The van der Waals surface area contributed by atoms with Crippen LogP contribution in [0, 0.1) is 17.2 Å². The molecule has 1 aliphatic heterocycles. The first-order valence-electron chi connectivity index (χ1n) is 10.0. The summed E-state index contributed by atoms with van der Waals surface area (Å²) in [5.74, 6) is 0.621. The van der Waals surface area contributed by atoms with Gasteiger partial charge < -0.3 is 14.2 Å². The van der Waals surface area contributed by atoms with Gasteiger partial charge in [-0.15, -0.1) is 0 Å². The molecule has 0 saturated heterocycles. The topological polar surface area (TPSA) is 85.6 Å². The molecule has 1 unspecified atom stereocenters. The fourth-order valence-electron chi connectivity index (χ4n) is 3.24. The third-order valence-corrected chi connectivity index (χ3v) is 7.93. The maximum absolute atomic E-state index is 12.9. The highest BCUT2D eigenvalue weighted by atomic mass is 79.9. The second-order valence-corrected chi connectivity index (χ2v) is 10.0. The minimum Gasteiger partial charge on any atom is -0.497 e.